The Morgan fingerprint density at radius 2 is 1.72 bits per heavy atom. The highest BCUT2D eigenvalue weighted by atomic mass is 32.2. The van der Waals surface area contributed by atoms with Gasteiger partial charge in [0.1, 0.15) is 16.3 Å². The fourth-order valence-corrected chi connectivity index (χ4v) is 5.05. The quantitative estimate of drug-likeness (QED) is 0.497. The Morgan fingerprint density at radius 1 is 1.06 bits per heavy atom. The molecule has 3 rings (SSSR count). The van der Waals surface area contributed by atoms with Crippen LogP contribution in [-0.4, -0.2) is 48.4 Å². The zero-order chi connectivity index (χ0) is 23.3. The maximum absolute atomic E-state index is 13.2. The van der Waals surface area contributed by atoms with Crippen molar-refractivity contribution in [3.63, 3.8) is 0 Å². The van der Waals surface area contributed by atoms with Crippen molar-refractivity contribution in [1.82, 2.24) is 14.1 Å². The SMILES string of the molecule is CCOc1ccccc1N=Cc1c(C)[nH]n(-c2ccccc2S(=O)(=O)N(CC)CC)c1=O. The van der Waals surface area contributed by atoms with Crippen molar-refractivity contribution in [2.75, 3.05) is 19.7 Å². The molecule has 0 spiro atoms. The van der Waals surface area contributed by atoms with E-state index in [0.717, 1.165) is 0 Å². The smallest absolute Gasteiger partial charge is 0.280 e. The molecule has 170 valence electrons. The molecule has 2 aromatic carbocycles. The molecule has 1 aromatic heterocycles. The molecule has 0 aliphatic carbocycles. The lowest BCUT2D eigenvalue weighted by atomic mass is 10.2. The van der Waals surface area contributed by atoms with Crippen molar-refractivity contribution in [3.8, 4) is 11.4 Å². The Kier molecular flexibility index (Phi) is 7.32. The van der Waals surface area contributed by atoms with Gasteiger partial charge in [-0.25, -0.2) is 13.1 Å². The van der Waals surface area contributed by atoms with Crippen LogP contribution in [0.4, 0.5) is 5.69 Å². The minimum absolute atomic E-state index is 0.0669. The van der Waals surface area contributed by atoms with Gasteiger partial charge in [-0.05, 0) is 38.1 Å². The van der Waals surface area contributed by atoms with E-state index in [1.807, 2.05) is 25.1 Å². The molecule has 8 nitrogen and oxygen atoms in total. The molecule has 0 saturated heterocycles. The van der Waals surface area contributed by atoms with Gasteiger partial charge in [0, 0.05) is 25.0 Å². The summed E-state index contributed by atoms with van der Waals surface area (Å²) in [4.78, 5) is 17.7. The van der Waals surface area contributed by atoms with Gasteiger partial charge in [-0.1, -0.05) is 38.1 Å². The van der Waals surface area contributed by atoms with Crippen molar-refractivity contribution in [2.24, 2.45) is 4.99 Å². The van der Waals surface area contributed by atoms with Gasteiger partial charge < -0.3 is 4.74 Å². The van der Waals surface area contributed by atoms with Crippen LogP contribution in [0.15, 0.2) is 63.2 Å². The van der Waals surface area contributed by atoms with E-state index >= 15 is 0 Å². The first-order valence-electron chi connectivity index (χ1n) is 10.5. The molecule has 0 amide bonds. The summed E-state index contributed by atoms with van der Waals surface area (Å²) in [6.07, 6.45) is 1.48. The third-order valence-corrected chi connectivity index (χ3v) is 7.14. The number of rotatable bonds is 9. The van der Waals surface area contributed by atoms with Gasteiger partial charge >= 0.3 is 0 Å². The Hall–Kier alpha value is -3.17. The summed E-state index contributed by atoms with van der Waals surface area (Å²) in [5.41, 5.74) is 1.39. The van der Waals surface area contributed by atoms with Crippen LogP contribution in [0.1, 0.15) is 32.0 Å². The van der Waals surface area contributed by atoms with E-state index in [1.165, 1.54) is 21.3 Å². The fraction of sp³-hybridized carbons (Fsp3) is 0.304. The number of para-hydroxylation sites is 3. The number of sulfonamides is 1. The molecule has 0 fully saturated rings. The number of H-pyrrole nitrogens is 1. The molecular weight excluding hydrogens is 428 g/mol. The standard InChI is InChI=1S/C23H28N4O4S/c1-5-26(6-2)32(29,30)22-15-11-9-13-20(22)27-23(28)18(17(4)25-27)16-24-19-12-8-10-14-21(19)31-7-3/h8-16,25H,5-7H2,1-4H3. The Labute approximate surface area is 188 Å². The molecule has 0 aliphatic heterocycles. The van der Waals surface area contributed by atoms with Gasteiger partial charge in [-0.15, -0.1) is 0 Å². The minimum atomic E-state index is -3.76. The van der Waals surface area contributed by atoms with Crippen molar-refractivity contribution in [2.45, 2.75) is 32.6 Å². The number of ether oxygens (including phenoxy) is 1. The molecule has 0 aliphatic rings. The Bertz CT molecular complexity index is 1270. The van der Waals surface area contributed by atoms with E-state index in [4.69, 9.17) is 4.74 Å². The van der Waals surface area contributed by atoms with Crippen molar-refractivity contribution in [3.05, 3.63) is 70.1 Å². The first kappa shape index (κ1) is 23.5. The number of aryl methyl sites for hydroxylation is 1. The highest BCUT2D eigenvalue weighted by molar-refractivity contribution is 7.89. The molecule has 0 bridgehead atoms. The normalized spacial score (nSPS) is 12.0. The number of nitrogens with one attached hydrogen (secondary N) is 1. The van der Waals surface area contributed by atoms with Crippen LogP contribution in [0, 0.1) is 6.92 Å². The number of hydrogen-bond donors (Lipinski definition) is 1. The molecule has 0 unspecified atom stereocenters. The maximum Gasteiger partial charge on any atom is 0.280 e. The topological polar surface area (TPSA) is 96.8 Å². The largest absolute Gasteiger partial charge is 0.492 e. The number of hydrogen-bond acceptors (Lipinski definition) is 5. The average Bonchev–Trinajstić information content (AvgIpc) is 3.07. The molecule has 0 radical (unpaired) electrons. The number of aromatic nitrogens is 2. The highest BCUT2D eigenvalue weighted by Crippen LogP contribution is 2.27. The maximum atomic E-state index is 13.2. The van der Waals surface area contributed by atoms with Crippen LogP contribution in [0.3, 0.4) is 0 Å². The summed E-state index contributed by atoms with van der Waals surface area (Å²) in [5.74, 6) is 0.621. The first-order valence-corrected chi connectivity index (χ1v) is 12.0. The van der Waals surface area contributed by atoms with Crippen molar-refractivity contribution < 1.29 is 13.2 Å². The molecule has 9 heteroatoms. The lowest BCUT2D eigenvalue weighted by molar-refractivity contribution is 0.341. The summed E-state index contributed by atoms with van der Waals surface area (Å²) in [6, 6.07) is 13.8. The zero-order valence-electron chi connectivity index (χ0n) is 18.7. The van der Waals surface area contributed by atoms with E-state index in [2.05, 4.69) is 10.1 Å². The monoisotopic (exact) mass is 456 g/mol. The predicted octanol–water partition coefficient (Wildman–Crippen LogP) is 3.65. The minimum Gasteiger partial charge on any atom is -0.492 e. The molecule has 32 heavy (non-hydrogen) atoms. The third-order valence-electron chi connectivity index (χ3n) is 5.04. The van der Waals surface area contributed by atoms with Crippen molar-refractivity contribution >= 4 is 21.9 Å². The summed E-state index contributed by atoms with van der Waals surface area (Å²) in [5, 5.41) is 2.99. The van der Waals surface area contributed by atoms with Crippen LogP contribution in [-0.2, 0) is 10.0 Å². The second-order valence-corrected chi connectivity index (χ2v) is 8.91. The number of benzene rings is 2. The van der Waals surface area contributed by atoms with E-state index in [9.17, 15) is 13.2 Å². The second kappa shape index (κ2) is 9.97. The first-order chi connectivity index (χ1) is 15.3. The summed E-state index contributed by atoms with van der Waals surface area (Å²) in [7, 11) is -3.76. The lowest BCUT2D eigenvalue weighted by Gasteiger charge is -2.20. The van der Waals surface area contributed by atoms with Gasteiger partial charge in [0.05, 0.1) is 17.9 Å². The molecule has 1 heterocycles. The van der Waals surface area contributed by atoms with Gasteiger partial charge in [0.25, 0.3) is 5.56 Å². The number of aromatic amines is 1. The van der Waals surface area contributed by atoms with E-state index in [1.54, 1.807) is 45.0 Å². The van der Waals surface area contributed by atoms with Crippen LogP contribution in [0.2, 0.25) is 0 Å². The Morgan fingerprint density at radius 3 is 2.41 bits per heavy atom. The van der Waals surface area contributed by atoms with E-state index in [0.29, 0.717) is 42.4 Å². The van der Waals surface area contributed by atoms with E-state index < -0.39 is 10.0 Å². The second-order valence-electron chi connectivity index (χ2n) is 7.01. The van der Waals surface area contributed by atoms with E-state index in [-0.39, 0.29) is 16.1 Å². The number of nitrogens with zero attached hydrogens (tertiary/aromatic N) is 3. The predicted molar refractivity (Wildman–Crippen MR) is 126 cm³/mol. The lowest BCUT2D eigenvalue weighted by Crippen LogP contribution is -2.32. The molecule has 1 N–H and O–H groups in total. The van der Waals surface area contributed by atoms with Gasteiger partial charge in [-0.3, -0.25) is 14.9 Å². The third kappa shape index (κ3) is 4.53. The summed E-state index contributed by atoms with van der Waals surface area (Å²) < 4.78 is 34.5. The van der Waals surface area contributed by atoms with Crippen LogP contribution in [0.5, 0.6) is 5.75 Å². The van der Waals surface area contributed by atoms with Crippen LogP contribution < -0.4 is 10.3 Å². The van der Waals surface area contributed by atoms with Crippen LogP contribution >= 0.6 is 0 Å². The summed E-state index contributed by atoms with van der Waals surface area (Å²) in [6.45, 7) is 8.37. The molecular formula is C23H28N4O4S. The zero-order valence-corrected chi connectivity index (χ0v) is 19.5. The van der Waals surface area contributed by atoms with Crippen molar-refractivity contribution in [1.29, 1.82) is 0 Å². The van der Waals surface area contributed by atoms with Crippen LogP contribution in [0.25, 0.3) is 5.69 Å². The molecule has 3 aromatic rings. The average molecular weight is 457 g/mol. The number of aliphatic imine (C=N–C) groups is 1. The highest BCUT2D eigenvalue weighted by Gasteiger charge is 2.26. The molecule has 0 atom stereocenters. The molecule has 0 saturated carbocycles. The Balaban J connectivity index is 2.08. The van der Waals surface area contributed by atoms with Gasteiger partial charge in [-0.2, -0.15) is 4.31 Å². The summed E-state index contributed by atoms with van der Waals surface area (Å²) >= 11 is 0. The fourth-order valence-electron chi connectivity index (χ4n) is 3.42. The van der Waals surface area contributed by atoms with Gasteiger partial charge in [0.2, 0.25) is 10.0 Å². The van der Waals surface area contributed by atoms with Gasteiger partial charge in [0.15, 0.2) is 0 Å².